The fraction of sp³-hybridized carbons (Fsp3) is 0.375. The molecular formula is C8H10O. The van der Waals surface area contributed by atoms with Crippen molar-refractivity contribution in [2.75, 3.05) is 0 Å². The maximum atomic E-state index is 10.2. The monoisotopic (exact) mass is 122 g/mol. The molecule has 0 amide bonds. The Morgan fingerprint density at radius 3 is 3.00 bits per heavy atom. The van der Waals surface area contributed by atoms with E-state index in [0.717, 1.165) is 19.1 Å². The summed E-state index contributed by atoms with van der Waals surface area (Å²) in [7, 11) is 0. The minimum absolute atomic E-state index is 0.336. The lowest BCUT2D eigenvalue weighted by Crippen LogP contribution is -1.95. The van der Waals surface area contributed by atoms with Crippen LogP contribution in [0.1, 0.15) is 12.8 Å². The summed E-state index contributed by atoms with van der Waals surface area (Å²) < 4.78 is 0. The molecule has 1 unspecified atom stereocenters. The molecule has 0 aromatic rings. The van der Waals surface area contributed by atoms with Crippen LogP contribution in [0.2, 0.25) is 0 Å². The minimum Gasteiger partial charge on any atom is -0.298 e. The molecule has 1 heteroatoms. The fourth-order valence-corrected chi connectivity index (χ4v) is 1.03. The van der Waals surface area contributed by atoms with Crippen molar-refractivity contribution in [2.24, 2.45) is 5.92 Å². The highest BCUT2D eigenvalue weighted by Gasteiger charge is 2.10. The van der Waals surface area contributed by atoms with Crippen LogP contribution in [0.3, 0.4) is 0 Å². The van der Waals surface area contributed by atoms with Crippen molar-refractivity contribution in [1.82, 2.24) is 0 Å². The van der Waals surface area contributed by atoms with Gasteiger partial charge in [-0.15, -0.1) is 0 Å². The Kier molecular flexibility index (Phi) is 1.83. The molecule has 0 saturated heterocycles. The third-order valence-corrected chi connectivity index (χ3v) is 1.64. The van der Waals surface area contributed by atoms with Gasteiger partial charge < -0.3 is 0 Å². The summed E-state index contributed by atoms with van der Waals surface area (Å²) in [6.07, 6.45) is 7.16. The molecular weight excluding hydrogens is 112 g/mol. The Bertz CT molecular complexity index is 156. The first-order chi connectivity index (χ1) is 4.34. The number of allylic oxidation sites excluding steroid dienone is 3. The average molecular weight is 122 g/mol. The van der Waals surface area contributed by atoms with Crippen molar-refractivity contribution < 1.29 is 4.79 Å². The van der Waals surface area contributed by atoms with Gasteiger partial charge in [0.25, 0.3) is 0 Å². The van der Waals surface area contributed by atoms with E-state index < -0.39 is 0 Å². The van der Waals surface area contributed by atoms with E-state index in [4.69, 9.17) is 0 Å². The Morgan fingerprint density at radius 1 is 1.78 bits per heavy atom. The van der Waals surface area contributed by atoms with Gasteiger partial charge in [0.15, 0.2) is 0 Å². The highest BCUT2D eigenvalue weighted by Crippen LogP contribution is 2.21. The van der Waals surface area contributed by atoms with Crippen molar-refractivity contribution in [3.63, 3.8) is 0 Å². The normalized spacial score (nSPS) is 24.2. The van der Waals surface area contributed by atoms with E-state index in [-0.39, 0.29) is 0 Å². The second-order valence-electron chi connectivity index (χ2n) is 2.30. The molecule has 0 bridgehead atoms. The molecule has 1 aliphatic rings. The smallest absolute Gasteiger partial charge is 0.146 e. The zero-order valence-corrected chi connectivity index (χ0v) is 5.34. The lowest BCUT2D eigenvalue weighted by atomic mass is 10.0. The van der Waals surface area contributed by atoms with Gasteiger partial charge in [0.05, 0.1) is 0 Å². The van der Waals surface area contributed by atoms with Crippen LogP contribution in [0.4, 0.5) is 0 Å². The van der Waals surface area contributed by atoms with Crippen molar-refractivity contribution in [2.45, 2.75) is 12.8 Å². The van der Waals surface area contributed by atoms with E-state index in [9.17, 15) is 4.79 Å². The molecule has 1 rings (SSSR count). The van der Waals surface area contributed by atoms with E-state index in [0.29, 0.717) is 11.5 Å². The summed E-state index contributed by atoms with van der Waals surface area (Å²) in [4.78, 5) is 10.2. The second-order valence-corrected chi connectivity index (χ2v) is 2.30. The SMILES string of the molecule is C=C(C=O)C1C=CCC1. The molecule has 0 fully saturated rings. The molecule has 0 aromatic heterocycles. The first kappa shape index (κ1) is 6.27. The molecule has 1 nitrogen and oxygen atoms in total. The van der Waals surface area contributed by atoms with Crippen LogP contribution in [0.5, 0.6) is 0 Å². The number of carbonyl (C=O) groups excluding carboxylic acids is 1. The topological polar surface area (TPSA) is 17.1 Å². The molecule has 1 atom stereocenters. The fourth-order valence-electron chi connectivity index (χ4n) is 1.03. The van der Waals surface area contributed by atoms with E-state index in [2.05, 4.69) is 18.7 Å². The standard InChI is InChI=1S/C8H10O/c1-7(6-9)8-4-2-3-5-8/h2,4,6,8H,1,3,5H2. The first-order valence-electron chi connectivity index (χ1n) is 3.15. The molecule has 9 heavy (non-hydrogen) atoms. The van der Waals surface area contributed by atoms with Crippen molar-refractivity contribution in [3.05, 3.63) is 24.3 Å². The van der Waals surface area contributed by atoms with Crippen LogP contribution in [-0.2, 0) is 4.79 Å². The predicted molar refractivity (Wildman–Crippen MR) is 37.1 cm³/mol. The van der Waals surface area contributed by atoms with Crippen LogP contribution < -0.4 is 0 Å². The lowest BCUT2D eigenvalue weighted by molar-refractivity contribution is -0.105. The van der Waals surface area contributed by atoms with Crippen molar-refractivity contribution in [1.29, 1.82) is 0 Å². The zero-order valence-electron chi connectivity index (χ0n) is 5.34. The summed E-state index contributed by atoms with van der Waals surface area (Å²) in [5.74, 6) is 0.336. The van der Waals surface area contributed by atoms with E-state index in [1.54, 1.807) is 0 Å². The summed E-state index contributed by atoms with van der Waals surface area (Å²) in [6, 6.07) is 0. The number of hydrogen-bond donors (Lipinski definition) is 0. The number of aldehydes is 1. The Balaban J connectivity index is 2.52. The molecule has 0 saturated carbocycles. The summed E-state index contributed by atoms with van der Waals surface area (Å²) in [5.41, 5.74) is 0.712. The third-order valence-electron chi connectivity index (χ3n) is 1.64. The largest absolute Gasteiger partial charge is 0.298 e. The van der Waals surface area contributed by atoms with Crippen LogP contribution in [0, 0.1) is 5.92 Å². The van der Waals surface area contributed by atoms with Gasteiger partial charge in [-0.1, -0.05) is 18.7 Å². The van der Waals surface area contributed by atoms with Crippen molar-refractivity contribution >= 4 is 6.29 Å². The molecule has 1 aliphatic carbocycles. The Labute approximate surface area is 55.1 Å². The van der Waals surface area contributed by atoms with Gasteiger partial charge in [0.1, 0.15) is 6.29 Å². The highest BCUT2D eigenvalue weighted by atomic mass is 16.1. The van der Waals surface area contributed by atoms with Gasteiger partial charge in [-0.05, 0) is 18.4 Å². The van der Waals surface area contributed by atoms with Crippen LogP contribution in [-0.4, -0.2) is 6.29 Å². The molecule has 0 heterocycles. The van der Waals surface area contributed by atoms with Crippen LogP contribution >= 0.6 is 0 Å². The molecule has 48 valence electrons. The van der Waals surface area contributed by atoms with Crippen molar-refractivity contribution in [3.8, 4) is 0 Å². The van der Waals surface area contributed by atoms with E-state index >= 15 is 0 Å². The lowest BCUT2D eigenvalue weighted by Gasteiger charge is -2.02. The Morgan fingerprint density at radius 2 is 2.56 bits per heavy atom. The minimum atomic E-state index is 0.336. The molecule has 0 aliphatic heterocycles. The van der Waals surface area contributed by atoms with Gasteiger partial charge in [-0.3, -0.25) is 4.79 Å². The number of hydrogen-bond acceptors (Lipinski definition) is 1. The average Bonchev–Trinajstić information content (AvgIpc) is 2.37. The molecule has 0 N–H and O–H groups in total. The molecule has 0 spiro atoms. The van der Waals surface area contributed by atoms with Crippen LogP contribution in [0.15, 0.2) is 24.3 Å². The molecule has 0 aromatic carbocycles. The maximum absolute atomic E-state index is 10.2. The highest BCUT2D eigenvalue weighted by molar-refractivity contribution is 5.73. The quantitative estimate of drug-likeness (QED) is 0.309. The number of carbonyl (C=O) groups is 1. The molecule has 0 radical (unpaired) electrons. The van der Waals surface area contributed by atoms with Gasteiger partial charge >= 0.3 is 0 Å². The van der Waals surface area contributed by atoms with Gasteiger partial charge in [-0.2, -0.15) is 0 Å². The van der Waals surface area contributed by atoms with Gasteiger partial charge in [0, 0.05) is 5.92 Å². The second kappa shape index (κ2) is 2.62. The zero-order chi connectivity index (χ0) is 6.69. The summed E-state index contributed by atoms with van der Waals surface area (Å²) in [6.45, 7) is 3.64. The third kappa shape index (κ3) is 1.28. The van der Waals surface area contributed by atoms with E-state index in [1.807, 2.05) is 0 Å². The maximum Gasteiger partial charge on any atom is 0.146 e. The van der Waals surface area contributed by atoms with Gasteiger partial charge in [-0.25, -0.2) is 0 Å². The summed E-state index contributed by atoms with van der Waals surface area (Å²) in [5, 5.41) is 0. The Hall–Kier alpha value is -0.850. The van der Waals surface area contributed by atoms with E-state index in [1.165, 1.54) is 0 Å². The first-order valence-corrected chi connectivity index (χ1v) is 3.15. The predicted octanol–water partition coefficient (Wildman–Crippen LogP) is 1.71. The van der Waals surface area contributed by atoms with Crippen LogP contribution in [0.25, 0.3) is 0 Å². The summed E-state index contributed by atoms with van der Waals surface area (Å²) >= 11 is 0. The van der Waals surface area contributed by atoms with Gasteiger partial charge in [0.2, 0.25) is 0 Å². The number of rotatable bonds is 2.